The molecule has 0 unspecified atom stereocenters. The second-order valence-electron chi connectivity index (χ2n) is 1.47. The van der Waals surface area contributed by atoms with Gasteiger partial charge in [0.05, 0.1) is 0 Å². The number of ether oxygens (including phenoxy) is 1. The van der Waals surface area contributed by atoms with Gasteiger partial charge in [-0.25, -0.2) is 0 Å². The van der Waals surface area contributed by atoms with Crippen molar-refractivity contribution < 1.29 is 9.84 Å². The summed E-state index contributed by atoms with van der Waals surface area (Å²) in [5.41, 5.74) is 0. The average Bonchev–Trinajstić information content (AvgIpc) is 2.42. The summed E-state index contributed by atoms with van der Waals surface area (Å²) in [6, 6.07) is 0. The Morgan fingerprint density at radius 1 is 1.86 bits per heavy atom. The number of hydrogen-bond acceptors (Lipinski definition) is 2. The lowest BCUT2D eigenvalue weighted by atomic mass is 10.4. The maximum atomic E-state index is 8.24. The second kappa shape index (κ2) is 1.98. The van der Waals surface area contributed by atoms with Crippen LogP contribution in [0.5, 0.6) is 0 Å². The van der Waals surface area contributed by atoms with Crippen LogP contribution < -0.4 is 0 Å². The zero-order chi connectivity index (χ0) is 5.11. The first-order valence-electron chi connectivity index (χ1n) is 2.36. The van der Waals surface area contributed by atoms with Gasteiger partial charge in [0, 0.05) is 6.61 Å². The van der Waals surface area contributed by atoms with Gasteiger partial charge in [-0.2, -0.15) is 0 Å². The van der Waals surface area contributed by atoms with E-state index in [-0.39, 0.29) is 6.61 Å². The minimum absolute atomic E-state index is 0.229. The van der Waals surface area contributed by atoms with Crippen molar-refractivity contribution in [3.05, 3.63) is 11.8 Å². The van der Waals surface area contributed by atoms with Gasteiger partial charge in [0.2, 0.25) is 0 Å². The summed E-state index contributed by atoms with van der Waals surface area (Å²) in [5, 5.41) is 8.24. The Hall–Kier alpha value is -0.500. The molecule has 1 heterocycles. The van der Waals surface area contributed by atoms with Gasteiger partial charge in [-0.15, -0.1) is 0 Å². The molecule has 0 amide bonds. The molecule has 0 saturated carbocycles. The zero-order valence-corrected chi connectivity index (χ0v) is 4.05. The minimum Gasteiger partial charge on any atom is -0.487 e. The van der Waals surface area contributed by atoms with Crippen LogP contribution in [0.25, 0.3) is 0 Å². The lowest BCUT2D eigenvalue weighted by Gasteiger charge is -1.75. The van der Waals surface area contributed by atoms with E-state index in [0.717, 1.165) is 18.8 Å². The number of hydrogen-bond donors (Lipinski definition) is 1. The van der Waals surface area contributed by atoms with Crippen molar-refractivity contribution in [2.24, 2.45) is 0 Å². The predicted octanol–water partition coefficient (Wildman–Crippen LogP) is 0.283. The van der Waals surface area contributed by atoms with Crippen LogP contribution in [0.3, 0.4) is 0 Å². The fourth-order valence-electron chi connectivity index (χ4n) is 0.385. The van der Waals surface area contributed by atoms with Crippen LogP contribution >= 0.6 is 0 Å². The number of aliphatic hydroxyl groups excluding tert-OH is 1. The third-order valence-electron chi connectivity index (χ3n) is 0.812. The molecular formula is C5H8O2. The molecule has 2 nitrogen and oxygen atoms in total. The summed E-state index contributed by atoms with van der Waals surface area (Å²) in [5.74, 6) is 1.02. The molecule has 0 bridgehead atoms. The Balaban J connectivity index is 2.07. The van der Waals surface area contributed by atoms with Crippen LogP contribution in [0, 0.1) is 0 Å². The Morgan fingerprint density at radius 3 is 3.00 bits per heavy atom. The average molecular weight is 100 g/mol. The van der Waals surface area contributed by atoms with Gasteiger partial charge >= 0.3 is 0 Å². The van der Waals surface area contributed by atoms with Gasteiger partial charge in [0.25, 0.3) is 0 Å². The Morgan fingerprint density at radius 2 is 2.57 bits per heavy atom. The lowest BCUT2D eigenvalue weighted by molar-refractivity contribution is 0.302. The molecule has 2 heteroatoms. The first-order chi connectivity index (χ1) is 3.43. The van der Waals surface area contributed by atoms with Crippen LogP contribution in [0.15, 0.2) is 11.8 Å². The van der Waals surface area contributed by atoms with Crippen molar-refractivity contribution in [3.8, 4) is 0 Å². The minimum atomic E-state index is 0.229. The van der Waals surface area contributed by atoms with Crippen LogP contribution in [0.4, 0.5) is 0 Å². The van der Waals surface area contributed by atoms with E-state index in [1.807, 2.05) is 6.08 Å². The molecule has 0 aromatic rings. The zero-order valence-electron chi connectivity index (χ0n) is 4.05. The van der Waals surface area contributed by atoms with Crippen molar-refractivity contribution in [2.75, 3.05) is 13.2 Å². The summed E-state index contributed by atoms with van der Waals surface area (Å²) in [4.78, 5) is 0. The topological polar surface area (TPSA) is 32.8 Å². The molecule has 1 N–H and O–H groups in total. The van der Waals surface area contributed by atoms with E-state index in [1.54, 1.807) is 0 Å². The molecule has 0 atom stereocenters. The van der Waals surface area contributed by atoms with Gasteiger partial charge in [-0.3, -0.25) is 0 Å². The van der Waals surface area contributed by atoms with Crippen molar-refractivity contribution in [1.82, 2.24) is 0 Å². The molecule has 1 saturated heterocycles. The van der Waals surface area contributed by atoms with Crippen molar-refractivity contribution in [1.29, 1.82) is 0 Å². The van der Waals surface area contributed by atoms with Gasteiger partial charge in [0.15, 0.2) is 0 Å². The van der Waals surface area contributed by atoms with Crippen molar-refractivity contribution >= 4 is 0 Å². The third kappa shape index (κ3) is 1.59. The van der Waals surface area contributed by atoms with Gasteiger partial charge in [0.1, 0.15) is 12.4 Å². The maximum Gasteiger partial charge on any atom is 0.145 e. The molecule has 0 spiro atoms. The summed E-state index contributed by atoms with van der Waals surface area (Å²) in [6.07, 6.45) is 2.63. The van der Waals surface area contributed by atoms with Crippen molar-refractivity contribution in [3.63, 3.8) is 0 Å². The number of aliphatic hydroxyl groups is 1. The van der Waals surface area contributed by atoms with Gasteiger partial charge in [-0.05, 0) is 12.5 Å². The molecule has 0 radical (unpaired) electrons. The van der Waals surface area contributed by atoms with Gasteiger partial charge in [-0.1, -0.05) is 0 Å². The van der Waals surface area contributed by atoms with Crippen molar-refractivity contribution in [2.45, 2.75) is 6.42 Å². The molecule has 1 fully saturated rings. The fourth-order valence-corrected chi connectivity index (χ4v) is 0.385. The highest BCUT2D eigenvalue weighted by atomic mass is 16.6. The third-order valence-corrected chi connectivity index (χ3v) is 0.812. The van der Waals surface area contributed by atoms with Crippen LogP contribution in [-0.2, 0) is 4.74 Å². The second-order valence-corrected chi connectivity index (χ2v) is 1.47. The Labute approximate surface area is 42.4 Å². The van der Waals surface area contributed by atoms with Crippen LogP contribution in [0.2, 0.25) is 0 Å². The molecule has 7 heavy (non-hydrogen) atoms. The summed E-state index contributed by atoms with van der Waals surface area (Å²) in [6.45, 7) is 1.01. The van der Waals surface area contributed by atoms with E-state index in [4.69, 9.17) is 9.84 Å². The summed E-state index contributed by atoms with van der Waals surface area (Å²) < 4.78 is 4.76. The molecule has 1 aliphatic heterocycles. The molecule has 1 aliphatic rings. The normalized spacial score (nSPS) is 22.1. The number of epoxide rings is 1. The highest BCUT2D eigenvalue weighted by Gasteiger charge is 2.09. The van der Waals surface area contributed by atoms with E-state index >= 15 is 0 Å². The molecule has 0 aromatic heterocycles. The smallest absolute Gasteiger partial charge is 0.145 e. The highest BCUT2D eigenvalue weighted by Crippen LogP contribution is 2.13. The molecular weight excluding hydrogens is 92.1 g/mol. The summed E-state index contributed by atoms with van der Waals surface area (Å²) in [7, 11) is 0. The predicted molar refractivity (Wildman–Crippen MR) is 25.7 cm³/mol. The van der Waals surface area contributed by atoms with Crippen LogP contribution in [-0.4, -0.2) is 18.3 Å². The number of rotatable bonds is 2. The first-order valence-corrected chi connectivity index (χ1v) is 2.36. The van der Waals surface area contributed by atoms with Crippen LogP contribution in [0.1, 0.15) is 6.42 Å². The molecule has 1 rings (SSSR count). The molecule has 0 aromatic carbocycles. The highest BCUT2D eigenvalue weighted by molar-refractivity contribution is 5.03. The Kier molecular flexibility index (Phi) is 1.32. The monoisotopic (exact) mass is 100 g/mol. The lowest BCUT2D eigenvalue weighted by Crippen LogP contribution is -1.74. The quantitative estimate of drug-likeness (QED) is 0.505. The standard InChI is InChI=1S/C5H8O2/c6-3-1-2-5-4-7-5/h2,6H,1,3-4H2. The van der Waals surface area contributed by atoms with E-state index in [9.17, 15) is 0 Å². The van der Waals surface area contributed by atoms with E-state index in [0.29, 0.717) is 0 Å². The van der Waals surface area contributed by atoms with E-state index in [1.165, 1.54) is 0 Å². The summed E-state index contributed by atoms with van der Waals surface area (Å²) >= 11 is 0. The molecule has 40 valence electrons. The first kappa shape index (κ1) is 4.65. The SMILES string of the molecule is OCCC=C1CO1. The van der Waals surface area contributed by atoms with E-state index < -0.39 is 0 Å². The van der Waals surface area contributed by atoms with E-state index in [2.05, 4.69) is 0 Å². The Bertz CT molecular complexity index is 80.1. The maximum absolute atomic E-state index is 8.24. The molecule has 0 aliphatic carbocycles. The van der Waals surface area contributed by atoms with Gasteiger partial charge < -0.3 is 9.84 Å². The fraction of sp³-hybridized carbons (Fsp3) is 0.600. The largest absolute Gasteiger partial charge is 0.487 e.